The maximum absolute atomic E-state index is 11.9. The van der Waals surface area contributed by atoms with Gasteiger partial charge in [0, 0.05) is 23.1 Å². The molecule has 1 aromatic carbocycles. The summed E-state index contributed by atoms with van der Waals surface area (Å²) in [6.45, 7) is 0.303. The molecule has 25 heavy (non-hydrogen) atoms. The summed E-state index contributed by atoms with van der Waals surface area (Å²) in [4.78, 5) is 15.9. The number of amides is 1. The first kappa shape index (κ1) is 17.9. The largest absolute Gasteiger partial charge is 0.486 e. The lowest BCUT2D eigenvalue weighted by Crippen LogP contribution is -2.14. The number of thiazole rings is 1. The molecule has 3 aromatic rings. The highest BCUT2D eigenvalue weighted by atomic mass is 79.9. The molecule has 3 rings (SSSR count). The van der Waals surface area contributed by atoms with Gasteiger partial charge >= 0.3 is 0 Å². The summed E-state index contributed by atoms with van der Waals surface area (Å²) in [5.41, 5.74) is 0. The van der Waals surface area contributed by atoms with E-state index in [-0.39, 0.29) is 11.7 Å². The van der Waals surface area contributed by atoms with Crippen LogP contribution in [0.25, 0.3) is 0 Å². The Bertz CT molecular complexity index is 836. The van der Waals surface area contributed by atoms with Crippen LogP contribution in [0.3, 0.4) is 0 Å². The number of halogens is 1. The number of hydrogen-bond donors (Lipinski definition) is 1. The van der Waals surface area contributed by atoms with Crippen molar-refractivity contribution in [1.29, 1.82) is 0 Å². The lowest BCUT2D eigenvalue weighted by molar-refractivity contribution is -0.113. The van der Waals surface area contributed by atoms with E-state index in [0.717, 1.165) is 10.2 Å². The number of aromatic nitrogens is 4. The van der Waals surface area contributed by atoms with Gasteiger partial charge in [0.05, 0.1) is 5.75 Å². The van der Waals surface area contributed by atoms with Crippen molar-refractivity contribution in [3.8, 4) is 5.75 Å². The summed E-state index contributed by atoms with van der Waals surface area (Å²) in [6.07, 6.45) is 1.65. The Morgan fingerprint density at radius 1 is 1.36 bits per heavy atom. The Morgan fingerprint density at radius 3 is 2.88 bits per heavy atom. The minimum atomic E-state index is -0.129. The highest BCUT2D eigenvalue weighted by Gasteiger charge is 2.12. The van der Waals surface area contributed by atoms with Gasteiger partial charge in [0.1, 0.15) is 12.4 Å². The third-order valence-electron chi connectivity index (χ3n) is 3.12. The topological polar surface area (TPSA) is 81.9 Å². The Labute approximate surface area is 161 Å². The Hall–Kier alpha value is -1.91. The van der Waals surface area contributed by atoms with Crippen LogP contribution >= 0.6 is 39.0 Å². The fraction of sp³-hybridized carbons (Fsp3) is 0.200. The van der Waals surface area contributed by atoms with E-state index < -0.39 is 0 Å². The van der Waals surface area contributed by atoms with Gasteiger partial charge in [-0.05, 0) is 24.3 Å². The Morgan fingerprint density at radius 2 is 2.16 bits per heavy atom. The second-order valence-corrected chi connectivity index (χ2v) is 7.63. The highest BCUT2D eigenvalue weighted by Crippen LogP contribution is 2.19. The van der Waals surface area contributed by atoms with Crippen LogP contribution in [0.2, 0.25) is 0 Å². The predicted octanol–water partition coefficient (Wildman–Crippen LogP) is 3.34. The van der Waals surface area contributed by atoms with Crippen molar-refractivity contribution >= 4 is 50.1 Å². The van der Waals surface area contributed by atoms with Crippen LogP contribution in [0, 0.1) is 0 Å². The fourth-order valence-corrected chi connectivity index (χ4v) is 3.39. The Kier molecular flexibility index (Phi) is 6.05. The molecule has 0 fully saturated rings. The molecule has 0 atom stereocenters. The molecule has 7 nitrogen and oxygen atoms in total. The van der Waals surface area contributed by atoms with E-state index in [2.05, 4.69) is 36.4 Å². The molecule has 2 heterocycles. The van der Waals surface area contributed by atoms with Gasteiger partial charge in [0.25, 0.3) is 0 Å². The summed E-state index contributed by atoms with van der Waals surface area (Å²) in [5, 5.41) is 14.0. The summed E-state index contributed by atoms with van der Waals surface area (Å²) >= 11 is 6.08. The molecule has 0 spiro atoms. The average molecular weight is 440 g/mol. The zero-order valence-electron chi connectivity index (χ0n) is 13.2. The molecule has 0 aliphatic rings. The lowest BCUT2D eigenvalue weighted by Gasteiger charge is -2.06. The minimum absolute atomic E-state index is 0.129. The van der Waals surface area contributed by atoms with Crippen molar-refractivity contribution < 1.29 is 9.53 Å². The molecule has 10 heteroatoms. The fourth-order valence-electron chi connectivity index (χ4n) is 1.85. The van der Waals surface area contributed by atoms with Crippen molar-refractivity contribution in [2.75, 3.05) is 11.1 Å². The van der Waals surface area contributed by atoms with Gasteiger partial charge in [0.15, 0.2) is 16.1 Å². The maximum atomic E-state index is 11.9. The first-order valence-corrected chi connectivity index (χ1v) is 9.86. The van der Waals surface area contributed by atoms with Crippen LogP contribution in [0.1, 0.15) is 5.82 Å². The Balaban J connectivity index is 1.52. The molecule has 0 bridgehead atoms. The zero-order chi connectivity index (χ0) is 17.6. The second kappa shape index (κ2) is 8.45. The van der Waals surface area contributed by atoms with Gasteiger partial charge in [-0.2, -0.15) is 0 Å². The predicted molar refractivity (Wildman–Crippen MR) is 101 cm³/mol. The average Bonchev–Trinajstić information content (AvgIpc) is 3.23. The highest BCUT2D eigenvalue weighted by molar-refractivity contribution is 9.10. The molecule has 0 unspecified atom stereocenters. The van der Waals surface area contributed by atoms with Crippen molar-refractivity contribution in [1.82, 2.24) is 19.7 Å². The molecular weight excluding hydrogens is 426 g/mol. The normalized spacial score (nSPS) is 10.6. The number of ether oxygens (including phenoxy) is 1. The SMILES string of the molecule is Cn1c(COc2ccc(Br)cc2)nnc1SCC(=O)Nc1nccs1. The molecule has 1 amide bonds. The van der Waals surface area contributed by atoms with Gasteiger partial charge in [-0.15, -0.1) is 21.5 Å². The van der Waals surface area contributed by atoms with Crippen LogP contribution in [-0.2, 0) is 18.4 Å². The van der Waals surface area contributed by atoms with Gasteiger partial charge in [0.2, 0.25) is 5.91 Å². The number of nitrogens with one attached hydrogen (secondary N) is 1. The lowest BCUT2D eigenvalue weighted by atomic mass is 10.3. The van der Waals surface area contributed by atoms with Gasteiger partial charge < -0.3 is 14.6 Å². The molecule has 130 valence electrons. The number of thioether (sulfide) groups is 1. The minimum Gasteiger partial charge on any atom is -0.486 e. The molecule has 2 aromatic heterocycles. The zero-order valence-corrected chi connectivity index (χ0v) is 16.4. The first-order chi connectivity index (χ1) is 12.1. The molecular formula is C15H14BrN5O2S2. The van der Waals surface area contributed by atoms with E-state index in [0.29, 0.717) is 22.7 Å². The number of rotatable bonds is 7. The number of hydrogen-bond acceptors (Lipinski definition) is 7. The van der Waals surface area contributed by atoms with Crippen LogP contribution in [0.5, 0.6) is 5.75 Å². The van der Waals surface area contributed by atoms with Crippen LogP contribution in [-0.4, -0.2) is 31.4 Å². The quantitative estimate of drug-likeness (QED) is 0.568. The summed E-state index contributed by atoms with van der Waals surface area (Å²) in [7, 11) is 1.85. The van der Waals surface area contributed by atoms with E-state index >= 15 is 0 Å². The number of benzene rings is 1. The molecule has 0 aliphatic carbocycles. The van der Waals surface area contributed by atoms with Crippen LogP contribution in [0.15, 0.2) is 45.5 Å². The molecule has 0 radical (unpaired) electrons. The third kappa shape index (κ3) is 5.03. The van der Waals surface area contributed by atoms with Crippen molar-refractivity contribution in [2.24, 2.45) is 7.05 Å². The summed E-state index contributed by atoms with van der Waals surface area (Å²) in [5.74, 6) is 1.55. The molecule has 0 saturated carbocycles. The molecule has 0 aliphatic heterocycles. The van der Waals surface area contributed by atoms with Crippen molar-refractivity contribution in [2.45, 2.75) is 11.8 Å². The standard InChI is InChI=1S/C15H14BrN5O2S2/c1-21-12(8-23-11-4-2-10(16)3-5-11)19-20-15(21)25-9-13(22)18-14-17-6-7-24-14/h2-7H,8-9H2,1H3,(H,17,18,22). The molecule has 0 saturated heterocycles. The summed E-state index contributed by atoms with van der Waals surface area (Å²) in [6, 6.07) is 7.57. The van der Waals surface area contributed by atoms with Gasteiger partial charge in [-0.1, -0.05) is 27.7 Å². The van der Waals surface area contributed by atoms with Crippen molar-refractivity contribution in [3.63, 3.8) is 0 Å². The van der Waals surface area contributed by atoms with E-state index in [1.165, 1.54) is 23.1 Å². The van der Waals surface area contributed by atoms with E-state index in [4.69, 9.17) is 4.74 Å². The van der Waals surface area contributed by atoms with E-state index in [1.807, 2.05) is 41.3 Å². The number of carbonyl (C=O) groups is 1. The molecule has 1 N–H and O–H groups in total. The van der Waals surface area contributed by atoms with Crippen molar-refractivity contribution in [3.05, 3.63) is 46.1 Å². The van der Waals surface area contributed by atoms with Crippen LogP contribution in [0.4, 0.5) is 5.13 Å². The second-order valence-electron chi connectivity index (χ2n) is 4.87. The van der Waals surface area contributed by atoms with Crippen LogP contribution < -0.4 is 10.1 Å². The first-order valence-electron chi connectivity index (χ1n) is 7.20. The van der Waals surface area contributed by atoms with Gasteiger partial charge in [-0.3, -0.25) is 4.79 Å². The van der Waals surface area contributed by atoms with E-state index in [1.54, 1.807) is 6.20 Å². The smallest absolute Gasteiger partial charge is 0.236 e. The third-order valence-corrected chi connectivity index (χ3v) is 5.36. The number of carbonyl (C=O) groups excluding carboxylic acids is 1. The van der Waals surface area contributed by atoms with E-state index in [9.17, 15) is 4.79 Å². The van der Waals surface area contributed by atoms with Gasteiger partial charge in [-0.25, -0.2) is 4.98 Å². The number of anilines is 1. The monoisotopic (exact) mass is 439 g/mol. The number of nitrogens with zero attached hydrogens (tertiary/aromatic N) is 4. The summed E-state index contributed by atoms with van der Waals surface area (Å²) < 4.78 is 8.51. The maximum Gasteiger partial charge on any atom is 0.236 e.